The number of unbranched alkanes of at least 4 members (excludes halogenated alkanes) is 1. The molecular weight excluding hydrogens is 394 g/mol. The number of alkyl carbamates (subject to hydrolysis) is 1. The highest BCUT2D eigenvalue weighted by Crippen LogP contribution is 2.27. The lowest BCUT2D eigenvalue weighted by Crippen LogP contribution is -2.59. The number of amides is 2. The van der Waals surface area contributed by atoms with Crippen LogP contribution in [0.25, 0.3) is 0 Å². The molecule has 3 N–H and O–H groups in total. The number of rotatable bonds is 6. The van der Waals surface area contributed by atoms with Crippen molar-refractivity contribution in [3.05, 3.63) is 16.7 Å². The molecule has 2 heterocycles. The highest BCUT2D eigenvalue weighted by molar-refractivity contribution is 9.10. The molecule has 2 rings (SSSR count). The summed E-state index contributed by atoms with van der Waals surface area (Å²) in [5.41, 5.74) is -1.17. The SMILES string of the molecule is CCCCOC(=O)NC1(C(=O)Nc2nc(Br)ccc2O)CCOCC1. The maximum atomic E-state index is 12.8. The second-order valence-electron chi connectivity index (χ2n) is 5.76. The van der Waals surface area contributed by atoms with Crippen molar-refractivity contribution in [2.45, 2.75) is 38.1 Å². The average Bonchev–Trinajstić information content (AvgIpc) is 2.59. The van der Waals surface area contributed by atoms with Crippen LogP contribution < -0.4 is 10.6 Å². The van der Waals surface area contributed by atoms with Crippen molar-refractivity contribution in [1.82, 2.24) is 10.3 Å². The number of hydrogen-bond donors (Lipinski definition) is 3. The van der Waals surface area contributed by atoms with Gasteiger partial charge in [0.25, 0.3) is 5.91 Å². The molecule has 0 aromatic carbocycles. The number of nitrogens with one attached hydrogen (secondary N) is 2. The molecule has 0 aliphatic carbocycles. The van der Waals surface area contributed by atoms with Gasteiger partial charge in [-0.05, 0) is 34.5 Å². The minimum atomic E-state index is -1.17. The summed E-state index contributed by atoms with van der Waals surface area (Å²) in [6, 6.07) is 2.97. The summed E-state index contributed by atoms with van der Waals surface area (Å²) in [5.74, 6) is -0.611. The molecule has 25 heavy (non-hydrogen) atoms. The van der Waals surface area contributed by atoms with Crippen LogP contribution in [0.1, 0.15) is 32.6 Å². The Kier molecular flexibility index (Phi) is 7.01. The molecule has 1 saturated heterocycles. The molecule has 0 bridgehead atoms. The molecule has 8 nitrogen and oxygen atoms in total. The number of halogens is 1. The molecule has 1 aliphatic heterocycles. The first kappa shape index (κ1) is 19.5. The summed E-state index contributed by atoms with van der Waals surface area (Å²) in [7, 11) is 0. The summed E-state index contributed by atoms with van der Waals surface area (Å²) >= 11 is 3.19. The zero-order valence-corrected chi connectivity index (χ0v) is 15.6. The summed E-state index contributed by atoms with van der Waals surface area (Å²) in [6.07, 6.45) is 1.62. The minimum Gasteiger partial charge on any atom is -0.504 e. The summed E-state index contributed by atoms with van der Waals surface area (Å²) in [4.78, 5) is 28.9. The molecule has 1 fully saturated rings. The van der Waals surface area contributed by atoms with Gasteiger partial charge in [-0.25, -0.2) is 9.78 Å². The number of nitrogens with zero attached hydrogens (tertiary/aromatic N) is 1. The maximum absolute atomic E-state index is 12.8. The molecular formula is C16H22BrN3O5. The third-order valence-corrected chi connectivity index (χ3v) is 4.37. The van der Waals surface area contributed by atoms with Crippen LogP contribution in [0.4, 0.5) is 10.6 Å². The van der Waals surface area contributed by atoms with Crippen LogP contribution in [0.5, 0.6) is 5.75 Å². The molecule has 1 aromatic heterocycles. The highest BCUT2D eigenvalue weighted by atomic mass is 79.9. The summed E-state index contributed by atoms with van der Waals surface area (Å²) in [5, 5.41) is 15.1. The Morgan fingerprint density at radius 3 is 2.80 bits per heavy atom. The van der Waals surface area contributed by atoms with Crippen LogP contribution in [0.15, 0.2) is 16.7 Å². The fourth-order valence-corrected chi connectivity index (χ4v) is 2.73. The van der Waals surface area contributed by atoms with E-state index in [0.29, 0.717) is 37.3 Å². The van der Waals surface area contributed by atoms with E-state index in [1.165, 1.54) is 6.07 Å². The van der Waals surface area contributed by atoms with Gasteiger partial charge in [0.1, 0.15) is 10.1 Å². The number of hydrogen-bond acceptors (Lipinski definition) is 6. The quantitative estimate of drug-likeness (QED) is 0.486. The van der Waals surface area contributed by atoms with E-state index in [2.05, 4.69) is 31.5 Å². The smallest absolute Gasteiger partial charge is 0.408 e. The number of ether oxygens (including phenoxy) is 2. The van der Waals surface area contributed by atoms with Gasteiger partial charge >= 0.3 is 6.09 Å². The highest BCUT2D eigenvalue weighted by Gasteiger charge is 2.42. The van der Waals surface area contributed by atoms with E-state index in [4.69, 9.17) is 9.47 Å². The average molecular weight is 416 g/mol. The second-order valence-corrected chi connectivity index (χ2v) is 6.58. The molecule has 0 saturated carbocycles. The van der Waals surface area contributed by atoms with Gasteiger partial charge in [-0.3, -0.25) is 4.79 Å². The standard InChI is InChI=1S/C16H22BrN3O5/c1-2-3-8-25-15(23)20-16(6-9-24-10-7-16)14(22)19-13-11(21)4-5-12(17)18-13/h4-5,21H,2-3,6-10H2,1H3,(H,20,23)(H,18,19,22). The molecule has 0 unspecified atom stereocenters. The van der Waals surface area contributed by atoms with Gasteiger partial charge in [-0.2, -0.15) is 0 Å². The molecule has 0 atom stereocenters. The van der Waals surface area contributed by atoms with Crippen molar-refractivity contribution in [3.8, 4) is 5.75 Å². The maximum Gasteiger partial charge on any atom is 0.408 e. The largest absolute Gasteiger partial charge is 0.504 e. The second kappa shape index (κ2) is 9.00. The first-order valence-electron chi connectivity index (χ1n) is 8.16. The third kappa shape index (κ3) is 5.30. The number of aromatic nitrogens is 1. The molecule has 1 aliphatic rings. The summed E-state index contributed by atoms with van der Waals surface area (Å²) < 4.78 is 10.9. The van der Waals surface area contributed by atoms with E-state index in [-0.39, 0.29) is 11.6 Å². The fraction of sp³-hybridized carbons (Fsp3) is 0.562. The number of carbonyl (C=O) groups is 2. The topological polar surface area (TPSA) is 110 Å². The lowest BCUT2D eigenvalue weighted by Gasteiger charge is -2.35. The van der Waals surface area contributed by atoms with E-state index in [1.807, 2.05) is 6.92 Å². The molecule has 2 amide bonds. The lowest BCUT2D eigenvalue weighted by molar-refractivity contribution is -0.126. The van der Waals surface area contributed by atoms with Crippen molar-refractivity contribution in [1.29, 1.82) is 0 Å². The van der Waals surface area contributed by atoms with E-state index in [1.54, 1.807) is 6.07 Å². The molecule has 0 radical (unpaired) electrons. The van der Waals surface area contributed by atoms with Gasteiger partial charge in [0, 0.05) is 26.1 Å². The number of aromatic hydroxyl groups is 1. The van der Waals surface area contributed by atoms with Gasteiger partial charge in [0.05, 0.1) is 6.61 Å². The normalized spacial score (nSPS) is 16.1. The van der Waals surface area contributed by atoms with Crippen molar-refractivity contribution in [2.75, 3.05) is 25.1 Å². The Hall–Kier alpha value is -1.87. The Balaban J connectivity index is 2.11. The molecule has 138 valence electrons. The van der Waals surface area contributed by atoms with Gasteiger partial charge in [0.2, 0.25) is 0 Å². The molecule has 9 heteroatoms. The Morgan fingerprint density at radius 1 is 1.40 bits per heavy atom. The third-order valence-electron chi connectivity index (χ3n) is 3.93. The predicted molar refractivity (Wildman–Crippen MR) is 94.4 cm³/mol. The summed E-state index contributed by atoms with van der Waals surface area (Å²) in [6.45, 7) is 2.96. The zero-order chi connectivity index (χ0) is 18.3. The fourth-order valence-electron chi connectivity index (χ4n) is 2.42. The number of anilines is 1. The molecule has 0 spiro atoms. The van der Waals surface area contributed by atoms with Gasteiger partial charge in [0.15, 0.2) is 11.6 Å². The van der Waals surface area contributed by atoms with Gasteiger partial charge < -0.3 is 25.2 Å². The van der Waals surface area contributed by atoms with Crippen molar-refractivity contribution in [2.24, 2.45) is 0 Å². The number of carbonyl (C=O) groups excluding carboxylic acids is 2. The van der Waals surface area contributed by atoms with Gasteiger partial charge in [-0.1, -0.05) is 13.3 Å². The van der Waals surface area contributed by atoms with Crippen molar-refractivity contribution >= 4 is 33.7 Å². The van der Waals surface area contributed by atoms with Crippen LogP contribution in [0, 0.1) is 0 Å². The minimum absolute atomic E-state index is 0.0198. The zero-order valence-electron chi connectivity index (χ0n) is 14.0. The molecule has 1 aromatic rings. The van der Waals surface area contributed by atoms with Crippen molar-refractivity contribution in [3.63, 3.8) is 0 Å². The van der Waals surface area contributed by atoms with Crippen molar-refractivity contribution < 1.29 is 24.2 Å². The van der Waals surface area contributed by atoms with E-state index < -0.39 is 17.5 Å². The predicted octanol–water partition coefficient (Wildman–Crippen LogP) is 2.56. The van der Waals surface area contributed by atoms with Crippen LogP contribution in [0.3, 0.4) is 0 Å². The Labute approximate surface area is 154 Å². The first-order valence-corrected chi connectivity index (χ1v) is 8.96. The van der Waals surface area contributed by atoms with E-state index in [9.17, 15) is 14.7 Å². The van der Waals surface area contributed by atoms with Crippen LogP contribution in [-0.2, 0) is 14.3 Å². The van der Waals surface area contributed by atoms with E-state index >= 15 is 0 Å². The number of pyridine rings is 1. The van der Waals surface area contributed by atoms with Crippen LogP contribution >= 0.6 is 15.9 Å². The first-order chi connectivity index (χ1) is 12.0. The van der Waals surface area contributed by atoms with E-state index in [0.717, 1.165) is 12.8 Å². The Bertz CT molecular complexity index is 620. The van der Waals surface area contributed by atoms with Crippen LogP contribution in [-0.4, -0.2) is 47.5 Å². The van der Waals surface area contributed by atoms with Gasteiger partial charge in [-0.15, -0.1) is 0 Å². The van der Waals surface area contributed by atoms with Crippen LogP contribution in [0.2, 0.25) is 0 Å². The lowest BCUT2D eigenvalue weighted by atomic mass is 9.89. The monoisotopic (exact) mass is 415 g/mol. The Morgan fingerprint density at radius 2 is 2.12 bits per heavy atom.